The lowest BCUT2D eigenvalue weighted by Gasteiger charge is -2.20. The number of carbonyl (C=O) groups is 2. The van der Waals surface area contributed by atoms with Crippen LogP contribution in [-0.2, 0) is 9.59 Å². The minimum absolute atomic E-state index is 0.0605. The summed E-state index contributed by atoms with van der Waals surface area (Å²) in [5, 5.41) is 2.80. The molecule has 16 heavy (non-hydrogen) atoms. The van der Waals surface area contributed by atoms with Crippen LogP contribution in [0.25, 0.3) is 0 Å². The smallest absolute Gasteiger partial charge is 0.239 e. The highest BCUT2D eigenvalue weighted by atomic mass is 16.2. The van der Waals surface area contributed by atoms with Gasteiger partial charge < -0.3 is 16.0 Å². The van der Waals surface area contributed by atoms with Crippen molar-refractivity contribution in [2.75, 3.05) is 13.1 Å². The predicted molar refractivity (Wildman–Crippen MR) is 61.6 cm³/mol. The van der Waals surface area contributed by atoms with Gasteiger partial charge in [0.05, 0.1) is 6.04 Å². The van der Waals surface area contributed by atoms with E-state index in [-0.39, 0.29) is 17.9 Å². The topological polar surface area (TPSA) is 75.4 Å². The standard InChI is InChI=1S/C11H19N3O2/c1-3-4-10(12)11(16)14-6-5-9(7-14)13-8(2)15/h3,9-10H,1,4-7,12H2,2H3,(H,13,15). The Morgan fingerprint density at radius 3 is 2.94 bits per heavy atom. The molecule has 0 aromatic rings. The molecule has 2 unspecified atom stereocenters. The zero-order chi connectivity index (χ0) is 12.1. The predicted octanol–water partition coefficient (Wildman–Crippen LogP) is -0.373. The van der Waals surface area contributed by atoms with E-state index >= 15 is 0 Å². The Hall–Kier alpha value is -1.36. The monoisotopic (exact) mass is 225 g/mol. The number of likely N-dealkylation sites (tertiary alicyclic amines) is 1. The van der Waals surface area contributed by atoms with Crippen LogP contribution in [0.3, 0.4) is 0 Å². The van der Waals surface area contributed by atoms with Gasteiger partial charge >= 0.3 is 0 Å². The van der Waals surface area contributed by atoms with Gasteiger partial charge in [0.1, 0.15) is 0 Å². The summed E-state index contributed by atoms with van der Waals surface area (Å²) in [5.41, 5.74) is 5.70. The number of nitrogens with zero attached hydrogens (tertiary/aromatic N) is 1. The Balaban J connectivity index is 2.43. The molecule has 0 radical (unpaired) electrons. The second-order valence-corrected chi connectivity index (χ2v) is 4.10. The van der Waals surface area contributed by atoms with Crippen LogP contribution in [0, 0.1) is 0 Å². The fourth-order valence-electron chi connectivity index (χ4n) is 1.88. The molecule has 1 fully saturated rings. The van der Waals surface area contributed by atoms with Crippen molar-refractivity contribution in [3.8, 4) is 0 Å². The van der Waals surface area contributed by atoms with Crippen LogP contribution in [0.2, 0.25) is 0 Å². The Kier molecular flexibility index (Phi) is 4.49. The fraction of sp³-hybridized carbons (Fsp3) is 0.636. The van der Waals surface area contributed by atoms with E-state index in [1.54, 1.807) is 11.0 Å². The van der Waals surface area contributed by atoms with E-state index < -0.39 is 6.04 Å². The molecule has 5 nitrogen and oxygen atoms in total. The molecule has 2 amide bonds. The zero-order valence-corrected chi connectivity index (χ0v) is 9.61. The molecule has 3 N–H and O–H groups in total. The second kappa shape index (κ2) is 5.65. The van der Waals surface area contributed by atoms with Crippen molar-refractivity contribution in [3.63, 3.8) is 0 Å². The van der Waals surface area contributed by atoms with Crippen molar-refractivity contribution in [1.29, 1.82) is 0 Å². The molecule has 0 aromatic heterocycles. The number of hydrogen-bond donors (Lipinski definition) is 2. The number of carbonyl (C=O) groups excluding carboxylic acids is 2. The minimum atomic E-state index is -0.506. The van der Waals surface area contributed by atoms with Crippen molar-refractivity contribution in [1.82, 2.24) is 10.2 Å². The summed E-state index contributed by atoms with van der Waals surface area (Å²) in [7, 11) is 0. The third-order valence-electron chi connectivity index (χ3n) is 2.65. The molecule has 90 valence electrons. The van der Waals surface area contributed by atoms with Gasteiger partial charge in [-0.25, -0.2) is 0 Å². The first-order chi connectivity index (χ1) is 7.54. The molecule has 1 aliphatic heterocycles. The van der Waals surface area contributed by atoms with Crippen molar-refractivity contribution in [3.05, 3.63) is 12.7 Å². The Morgan fingerprint density at radius 2 is 2.38 bits per heavy atom. The molecular weight excluding hydrogens is 206 g/mol. The van der Waals surface area contributed by atoms with E-state index in [0.717, 1.165) is 6.42 Å². The molecule has 0 aromatic carbocycles. The molecule has 2 atom stereocenters. The zero-order valence-electron chi connectivity index (χ0n) is 9.61. The number of amides is 2. The fourth-order valence-corrected chi connectivity index (χ4v) is 1.88. The number of hydrogen-bond acceptors (Lipinski definition) is 3. The van der Waals surface area contributed by atoms with E-state index in [2.05, 4.69) is 11.9 Å². The lowest BCUT2D eigenvalue weighted by molar-refractivity contribution is -0.131. The first-order valence-corrected chi connectivity index (χ1v) is 5.47. The molecular formula is C11H19N3O2. The van der Waals surface area contributed by atoms with Gasteiger partial charge in [-0.2, -0.15) is 0 Å². The maximum atomic E-state index is 11.8. The van der Waals surface area contributed by atoms with Gasteiger partial charge in [-0.1, -0.05) is 6.08 Å². The summed E-state index contributed by atoms with van der Waals surface area (Å²) in [6.45, 7) is 6.26. The molecule has 5 heteroatoms. The van der Waals surface area contributed by atoms with Gasteiger partial charge in [-0.3, -0.25) is 9.59 Å². The number of rotatable bonds is 4. The third kappa shape index (κ3) is 3.34. The van der Waals surface area contributed by atoms with Gasteiger partial charge in [-0.15, -0.1) is 6.58 Å². The van der Waals surface area contributed by atoms with Gasteiger partial charge in [0.15, 0.2) is 0 Å². The maximum Gasteiger partial charge on any atom is 0.239 e. The van der Waals surface area contributed by atoms with Crippen LogP contribution < -0.4 is 11.1 Å². The maximum absolute atomic E-state index is 11.8. The largest absolute Gasteiger partial charge is 0.352 e. The summed E-state index contributed by atoms with van der Waals surface area (Å²) < 4.78 is 0. The van der Waals surface area contributed by atoms with Crippen LogP contribution in [0.1, 0.15) is 19.8 Å². The summed E-state index contributed by atoms with van der Waals surface area (Å²) in [4.78, 5) is 24.4. The van der Waals surface area contributed by atoms with Crippen molar-refractivity contribution >= 4 is 11.8 Å². The van der Waals surface area contributed by atoms with E-state index in [9.17, 15) is 9.59 Å². The van der Waals surface area contributed by atoms with Crippen molar-refractivity contribution in [2.45, 2.75) is 31.8 Å². The number of nitrogens with two attached hydrogens (primary N) is 1. The van der Waals surface area contributed by atoms with Gasteiger partial charge in [-0.05, 0) is 12.8 Å². The first kappa shape index (κ1) is 12.7. The van der Waals surface area contributed by atoms with E-state index in [1.165, 1.54) is 6.92 Å². The van der Waals surface area contributed by atoms with Crippen molar-refractivity contribution < 1.29 is 9.59 Å². The van der Waals surface area contributed by atoms with Crippen LogP contribution in [0.15, 0.2) is 12.7 Å². The summed E-state index contributed by atoms with van der Waals surface area (Å²) in [5.74, 6) is -0.123. The molecule has 0 aliphatic carbocycles. The van der Waals surface area contributed by atoms with Gasteiger partial charge in [0.2, 0.25) is 11.8 Å². The lowest BCUT2D eigenvalue weighted by Crippen LogP contribution is -2.44. The highest BCUT2D eigenvalue weighted by Crippen LogP contribution is 2.11. The highest BCUT2D eigenvalue weighted by molar-refractivity contribution is 5.82. The van der Waals surface area contributed by atoms with E-state index in [0.29, 0.717) is 19.5 Å². The van der Waals surface area contributed by atoms with Crippen LogP contribution in [-0.4, -0.2) is 41.9 Å². The minimum Gasteiger partial charge on any atom is -0.352 e. The lowest BCUT2D eigenvalue weighted by atomic mass is 10.2. The molecule has 1 saturated heterocycles. The molecule has 1 heterocycles. The van der Waals surface area contributed by atoms with E-state index in [1.807, 2.05) is 0 Å². The average molecular weight is 225 g/mol. The molecule has 1 aliphatic rings. The quantitative estimate of drug-likeness (QED) is 0.641. The first-order valence-electron chi connectivity index (χ1n) is 5.47. The van der Waals surface area contributed by atoms with Crippen molar-refractivity contribution in [2.24, 2.45) is 5.73 Å². The summed E-state index contributed by atoms with van der Waals surface area (Å²) >= 11 is 0. The molecule has 1 rings (SSSR count). The Morgan fingerprint density at radius 1 is 1.69 bits per heavy atom. The van der Waals surface area contributed by atoms with E-state index in [4.69, 9.17) is 5.73 Å². The Labute approximate surface area is 95.7 Å². The van der Waals surface area contributed by atoms with Crippen LogP contribution >= 0.6 is 0 Å². The van der Waals surface area contributed by atoms with Crippen LogP contribution in [0.4, 0.5) is 0 Å². The third-order valence-corrected chi connectivity index (χ3v) is 2.65. The SMILES string of the molecule is C=CCC(N)C(=O)N1CCC(NC(C)=O)C1. The van der Waals surface area contributed by atoms with Crippen LogP contribution in [0.5, 0.6) is 0 Å². The number of nitrogens with one attached hydrogen (secondary N) is 1. The second-order valence-electron chi connectivity index (χ2n) is 4.10. The van der Waals surface area contributed by atoms with Gasteiger partial charge in [0.25, 0.3) is 0 Å². The van der Waals surface area contributed by atoms with Gasteiger partial charge in [0, 0.05) is 26.1 Å². The molecule has 0 bridgehead atoms. The summed E-state index contributed by atoms with van der Waals surface area (Å²) in [6, 6.07) is -0.439. The molecule has 0 saturated carbocycles. The average Bonchev–Trinajstić information content (AvgIpc) is 2.64. The normalized spacial score (nSPS) is 21.6. The molecule has 0 spiro atoms. The summed E-state index contributed by atoms with van der Waals surface area (Å²) in [6.07, 6.45) is 2.93. The Bertz CT molecular complexity index is 291. The highest BCUT2D eigenvalue weighted by Gasteiger charge is 2.28.